The number of anilines is 2. The molecule has 1 aromatic carbocycles. The van der Waals surface area contributed by atoms with Crippen LogP contribution in [0.3, 0.4) is 0 Å². The van der Waals surface area contributed by atoms with Crippen LogP contribution < -0.4 is 10.2 Å². The lowest BCUT2D eigenvalue weighted by atomic mass is 10.1. The largest absolute Gasteiger partial charge is 0.369 e. The Bertz CT molecular complexity index is 992. The number of halogens is 2. The summed E-state index contributed by atoms with van der Waals surface area (Å²) in [7, 11) is 0. The molecule has 30 heavy (non-hydrogen) atoms. The molecule has 5 rings (SSSR count). The zero-order valence-corrected chi connectivity index (χ0v) is 16.7. The van der Waals surface area contributed by atoms with E-state index in [1.165, 1.54) is 25.1 Å². The first-order valence-corrected chi connectivity index (χ1v) is 10.5. The summed E-state index contributed by atoms with van der Waals surface area (Å²) in [4.78, 5) is 5.03. The molecular weight excluding hydrogens is 388 g/mol. The maximum Gasteiger partial charge on any atom is 0.299 e. The molecule has 0 radical (unpaired) electrons. The minimum atomic E-state index is -2.72. The zero-order valence-electron chi connectivity index (χ0n) is 16.7. The van der Waals surface area contributed by atoms with Crippen molar-refractivity contribution in [3.63, 3.8) is 0 Å². The summed E-state index contributed by atoms with van der Waals surface area (Å²) >= 11 is 0. The van der Waals surface area contributed by atoms with Crippen LogP contribution in [0.1, 0.15) is 30.7 Å². The molecule has 3 heterocycles. The summed E-state index contributed by atoms with van der Waals surface area (Å²) < 4.78 is 27.1. The maximum atomic E-state index is 13.0. The van der Waals surface area contributed by atoms with Gasteiger partial charge in [-0.25, -0.2) is 8.78 Å². The van der Waals surface area contributed by atoms with E-state index in [1.807, 2.05) is 0 Å². The molecule has 2 aromatic heterocycles. The molecule has 0 bridgehead atoms. The molecule has 2 aliphatic rings. The van der Waals surface area contributed by atoms with E-state index < -0.39 is 12.2 Å². The molecule has 3 aromatic rings. The van der Waals surface area contributed by atoms with Crippen LogP contribution >= 0.6 is 0 Å². The summed E-state index contributed by atoms with van der Waals surface area (Å²) in [6.07, 6.45) is 0.100. The minimum Gasteiger partial charge on any atom is -0.369 e. The molecule has 0 unspecified atom stereocenters. The van der Waals surface area contributed by atoms with E-state index >= 15 is 0 Å². The number of hydrogen-bond acceptors (Lipinski definition) is 6. The molecule has 1 aliphatic heterocycles. The molecule has 1 saturated carbocycles. The van der Waals surface area contributed by atoms with Gasteiger partial charge in [0.2, 0.25) is 5.82 Å². The third-order valence-corrected chi connectivity index (χ3v) is 5.84. The van der Waals surface area contributed by atoms with Gasteiger partial charge < -0.3 is 10.2 Å². The van der Waals surface area contributed by atoms with Crippen molar-refractivity contribution in [1.82, 2.24) is 24.7 Å². The van der Waals surface area contributed by atoms with Crippen molar-refractivity contribution in [2.75, 3.05) is 42.9 Å². The second-order valence-electron chi connectivity index (χ2n) is 8.10. The first-order chi connectivity index (χ1) is 14.7. The molecule has 158 valence electrons. The lowest BCUT2D eigenvalue weighted by molar-refractivity contribution is 0.137. The Balaban J connectivity index is 1.17. The summed E-state index contributed by atoms with van der Waals surface area (Å²) in [6, 6.07) is 11.8. The first kappa shape index (κ1) is 19.2. The number of aromatic nitrogens is 4. The van der Waals surface area contributed by atoms with E-state index in [9.17, 15) is 8.78 Å². The zero-order chi connectivity index (χ0) is 20.5. The predicted octanol–water partition coefficient (Wildman–Crippen LogP) is 3.21. The lowest BCUT2D eigenvalue weighted by Crippen LogP contribution is -2.47. The van der Waals surface area contributed by atoms with Gasteiger partial charge in [-0.1, -0.05) is 12.1 Å². The van der Waals surface area contributed by atoms with Gasteiger partial charge >= 0.3 is 0 Å². The molecule has 1 aliphatic carbocycles. The smallest absolute Gasteiger partial charge is 0.299 e. The molecular formula is C21H25F2N7. The van der Waals surface area contributed by atoms with Gasteiger partial charge in [-0.2, -0.15) is 4.52 Å². The number of hydrogen-bond donors (Lipinski definition) is 1. The Morgan fingerprint density at radius 3 is 2.43 bits per heavy atom. The van der Waals surface area contributed by atoms with Crippen molar-refractivity contribution in [3.05, 3.63) is 47.8 Å². The van der Waals surface area contributed by atoms with Crippen molar-refractivity contribution in [2.45, 2.75) is 25.8 Å². The van der Waals surface area contributed by atoms with E-state index in [-0.39, 0.29) is 0 Å². The van der Waals surface area contributed by atoms with Gasteiger partial charge in [0, 0.05) is 45.0 Å². The highest BCUT2D eigenvalue weighted by Gasteiger charge is 2.26. The normalized spacial score (nSPS) is 17.8. The molecule has 0 amide bonds. The molecule has 2 fully saturated rings. The van der Waals surface area contributed by atoms with Crippen LogP contribution in [0.5, 0.6) is 0 Å². The number of fused-ring (bicyclic) bond motifs is 1. The van der Waals surface area contributed by atoms with E-state index in [2.05, 4.69) is 54.7 Å². The summed E-state index contributed by atoms with van der Waals surface area (Å²) in [5.74, 6) is 1.00. The van der Waals surface area contributed by atoms with Gasteiger partial charge in [-0.3, -0.25) is 4.90 Å². The second kappa shape index (κ2) is 8.14. The average molecular weight is 413 g/mol. The number of rotatable bonds is 7. The molecule has 0 spiro atoms. The first-order valence-electron chi connectivity index (χ1n) is 10.5. The monoisotopic (exact) mass is 413 g/mol. The molecule has 1 saturated heterocycles. The highest BCUT2D eigenvalue weighted by Crippen LogP contribution is 2.30. The number of alkyl halides is 2. The Kier molecular flexibility index (Phi) is 5.20. The third kappa shape index (κ3) is 4.21. The number of nitrogens with zero attached hydrogens (tertiary/aromatic N) is 6. The van der Waals surface area contributed by atoms with Crippen LogP contribution in [0.2, 0.25) is 0 Å². The Morgan fingerprint density at radius 1 is 0.967 bits per heavy atom. The van der Waals surface area contributed by atoms with Crippen LogP contribution in [0.25, 0.3) is 5.65 Å². The van der Waals surface area contributed by atoms with Gasteiger partial charge in [0.15, 0.2) is 5.65 Å². The van der Waals surface area contributed by atoms with Crippen LogP contribution in [0, 0.1) is 5.92 Å². The summed E-state index contributed by atoms with van der Waals surface area (Å²) in [6.45, 7) is 6.24. The highest BCUT2D eigenvalue weighted by molar-refractivity contribution is 5.49. The fourth-order valence-electron chi connectivity index (χ4n) is 3.91. The van der Waals surface area contributed by atoms with Crippen LogP contribution in [-0.2, 0) is 6.54 Å². The summed E-state index contributed by atoms with van der Waals surface area (Å²) in [5.41, 5.74) is 2.65. The Morgan fingerprint density at radius 2 is 1.73 bits per heavy atom. The summed E-state index contributed by atoms with van der Waals surface area (Å²) in [5, 5.41) is 14.6. The van der Waals surface area contributed by atoms with E-state index in [0.717, 1.165) is 42.2 Å². The Hall–Kier alpha value is -2.81. The van der Waals surface area contributed by atoms with Gasteiger partial charge in [-0.15, -0.1) is 15.3 Å². The van der Waals surface area contributed by atoms with Crippen molar-refractivity contribution in [3.8, 4) is 0 Å². The Labute approximate surface area is 173 Å². The van der Waals surface area contributed by atoms with E-state index in [4.69, 9.17) is 0 Å². The molecule has 0 atom stereocenters. The topological polar surface area (TPSA) is 61.6 Å². The van der Waals surface area contributed by atoms with Crippen molar-refractivity contribution < 1.29 is 8.78 Å². The van der Waals surface area contributed by atoms with Gasteiger partial charge in [-0.05, 0) is 48.6 Å². The van der Waals surface area contributed by atoms with Gasteiger partial charge in [0.05, 0.1) is 0 Å². The molecule has 9 heteroatoms. The lowest BCUT2D eigenvalue weighted by Gasteiger charge is -2.36. The molecule has 7 nitrogen and oxygen atoms in total. The van der Waals surface area contributed by atoms with Gasteiger partial charge in [0.25, 0.3) is 6.43 Å². The number of benzene rings is 1. The maximum absolute atomic E-state index is 13.0. The SMILES string of the molecule is FC(F)c1nnc2ccc(NCc3ccc(N4CCN(CC5CC5)CC4)cc3)nn12. The van der Waals surface area contributed by atoms with Crippen LogP contribution in [0.4, 0.5) is 20.3 Å². The fraction of sp³-hybridized carbons (Fsp3) is 0.476. The fourth-order valence-corrected chi connectivity index (χ4v) is 3.91. The van der Waals surface area contributed by atoms with Crippen molar-refractivity contribution in [1.29, 1.82) is 0 Å². The quantitative estimate of drug-likeness (QED) is 0.642. The van der Waals surface area contributed by atoms with Gasteiger partial charge in [0.1, 0.15) is 5.82 Å². The van der Waals surface area contributed by atoms with E-state index in [1.54, 1.807) is 12.1 Å². The van der Waals surface area contributed by atoms with Crippen molar-refractivity contribution in [2.24, 2.45) is 5.92 Å². The average Bonchev–Trinajstić information content (AvgIpc) is 3.48. The predicted molar refractivity (Wildman–Crippen MR) is 111 cm³/mol. The highest BCUT2D eigenvalue weighted by atomic mass is 19.3. The minimum absolute atomic E-state index is 0.303. The third-order valence-electron chi connectivity index (χ3n) is 5.84. The standard InChI is InChI=1S/C21H25F2N7/c22-20(23)21-26-25-19-8-7-18(27-30(19)21)24-13-15-3-5-17(6-4-15)29-11-9-28(10-12-29)14-16-1-2-16/h3-8,16,20H,1-2,9-14H2,(H,24,27). The van der Waals surface area contributed by atoms with Crippen LogP contribution in [-0.4, -0.2) is 57.4 Å². The second-order valence-corrected chi connectivity index (χ2v) is 8.10. The van der Waals surface area contributed by atoms with Crippen LogP contribution in [0.15, 0.2) is 36.4 Å². The number of nitrogens with one attached hydrogen (secondary N) is 1. The number of piperazine rings is 1. The molecule has 1 N–H and O–H groups in total. The van der Waals surface area contributed by atoms with E-state index in [0.29, 0.717) is 18.0 Å². The van der Waals surface area contributed by atoms with Crippen molar-refractivity contribution >= 4 is 17.2 Å².